The molecule has 1 saturated heterocycles. The third-order valence-electron chi connectivity index (χ3n) is 3.63. The van der Waals surface area contributed by atoms with E-state index in [0.717, 1.165) is 21.0 Å². The van der Waals surface area contributed by atoms with Crippen LogP contribution in [0.3, 0.4) is 0 Å². The van der Waals surface area contributed by atoms with Crippen molar-refractivity contribution < 1.29 is 28.7 Å². The molecule has 0 spiro atoms. The predicted molar refractivity (Wildman–Crippen MR) is 76.1 cm³/mol. The van der Waals surface area contributed by atoms with Gasteiger partial charge in [0.25, 0.3) is 17.6 Å². The summed E-state index contributed by atoms with van der Waals surface area (Å²) in [6, 6.07) is 6.88. The summed E-state index contributed by atoms with van der Waals surface area (Å²) in [4.78, 5) is 61.8. The average Bonchev–Trinajstić information content (AvgIpc) is 2.56. The molecular weight excluding hydrogens is 304 g/mol. The zero-order valence-electron chi connectivity index (χ0n) is 12.7. The van der Waals surface area contributed by atoms with Gasteiger partial charge in [-0.15, -0.1) is 0 Å². The molecule has 1 aliphatic heterocycles. The van der Waals surface area contributed by atoms with E-state index in [1.165, 1.54) is 12.1 Å². The number of hydrogen-bond acceptors (Lipinski definition) is 6. The summed E-state index contributed by atoms with van der Waals surface area (Å²) < 4.78 is 4.87. The molecule has 1 aliphatic rings. The third-order valence-corrected chi connectivity index (χ3v) is 3.63. The number of amides is 4. The lowest BCUT2D eigenvalue weighted by Crippen LogP contribution is -2.65. The van der Waals surface area contributed by atoms with Gasteiger partial charge >= 0.3 is 12.0 Å². The van der Waals surface area contributed by atoms with E-state index in [-0.39, 0.29) is 5.75 Å². The van der Waals surface area contributed by atoms with Crippen LogP contribution in [-0.4, -0.2) is 53.5 Å². The Morgan fingerprint density at radius 2 is 1.43 bits per heavy atom. The number of urea groups is 1. The molecule has 0 aromatic heterocycles. The topological polar surface area (TPSA) is 101 Å². The molecule has 0 atom stereocenters. The van der Waals surface area contributed by atoms with Gasteiger partial charge in [0.2, 0.25) is 0 Å². The SMILES string of the molecule is CN1C(=O)N(C)C(=O)C(C)(C(=O)C(=O)Oc2ccccc2)C1=O. The molecule has 4 amide bonds. The van der Waals surface area contributed by atoms with E-state index >= 15 is 0 Å². The van der Waals surface area contributed by atoms with Crippen molar-refractivity contribution in [2.75, 3.05) is 14.1 Å². The van der Waals surface area contributed by atoms with Crippen LogP contribution in [0.15, 0.2) is 30.3 Å². The summed E-state index contributed by atoms with van der Waals surface area (Å²) in [6.45, 7) is 1.01. The number of Topliss-reactive ketones (excluding diaryl/α,β-unsaturated/α-hetero) is 1. The Morgan fingerprint density at radius 1 is 0.957 bits per heavy atom. The number of hydrogen-bond donors (Lipinski definition) is 0. The highest BCUT2D eigenvalue weighted by Crippen LogP contribution is 2.29. The normalized spacial score (nSPS) is 17.3. The van der Waals surface area contributed by atoms with Gasteiger partial charge in [-0.25, -0.2) is 9.59 Å². The van der Waals surface area contributed by atoms with Crippen LogP contribution in [0, 0.1) is 5.41 Å². The maximum atomic E-state index is 12.4. The average molecular weight is 318 g/mol. The first-order valence-corrected chi connectivity index (χ1v) is 6.63. The molecule has 1 heterocycles. The second-order valence-corrected chi connectivity index (χ2v) is 5.17. The van der Waals surface area contributed by atoms with Crippen LogP contribution >= 0.6 is 0 Å². The number of imide groups is 2. The van der Waals surface area contributed by atoms with Crippen molar-refractivity contribution in [2.45, 2.75) is 6.92 Å². The maximum Gasteiger partial charge on any atom is 0.381 e. The summed E-state index contributed by atoms with van der Waals surface area (Å²) in [5.74, 6) is -4.72. The molecule has 0 N–H and O–H groups in total. The Balaban J connectivity index is 2.32. The second kappa shape index (κ2) is 5.64. The number of esters is 1. The van der Waals surface area contributed by atoms with E-state index in [9.17, 15) is 24.0 Å². The van der Waals surface area contributed by atoms with Crippen molar-refractivity contribution >= 4 is 29.6 Å². The molecule has 1 aromatic carbocycles. The lowest BCUT2D eigenvalue weighted by atomic mass is 9.81. The fraction of sp³-hybridized carbons (Fsp3) is 0.267. The molecule has 120 valence electrons. The van der Waals surface area contributed by atoms with Gasteiger partial charge < -0.3 is 4.74 Å². The number of carbonyl (C=O) groups is 5. The van der Waals surface area contributed by atoms with Gasteiger partial charge in [0.05, 0.1) is 0 Å². The van der Waals surface area contributed by atoms with E-state index < -0.39 is 35.0 Å². The maximum absolute atomic E-state index is 12.4. The lowest BCUT2D eigenvalue weighted by Gasteiger charge is -2.37. The number of carbonyl (C=O) groups excluding carboxylic acids is 5. The third kappa shape index (κ3) is 2.48. The standard InChI is InChI=1S/C15H14N2O6/c1-15(12(20)16(2)14(22)17(3)13(15)21)10(18)11(19)23-9-7-5-4-6-8-9/h4-8H,1-3H3. The highest BCUT2D eigenvalue weighted by atomic mass is 16.5. The molecule has 8 nitrogen and oxygen atoms in total. The molecule has 8 heteroatoms. The first-order chi connectivity index (χ1) is 10.7. The molecule has 0 bridgehead atoms. The number of rotatable bonds is 3. The van der Waals surface area contributed by atoms with Crippen LogP contribution in [0.1, 0.15) is 6.92 Å². The van der Waals surface area contributed by atoms with Crippen molar-refractivity contribution in [1.29, 1.82) is 0 Å². The van der Waals surface area contributed by atoms with Gasteiger partial charge in [0.15, 0.2) is 5.41 Å². The summed E-state index contributed by atoms with van der Waals surface area (Å²) in [6.07, 6.45) is 0. The van der Waals surface area contributed by atoms with E-state index in [1.54, 1.807) is 18.2 Å². The Bertz CT molecular complexity index is 688. The predicted octanol–water partition coefficient (Wildman–Crippen LogP) is 0.218. The van der Waals surface area contributed by atoms with Gasteiger partial charge in [-0.05, 0) is 19.1 Å². The number of ketones is 1. The molecular formula is C15H14N2O6. The minimum atomic E-state index is -2.33. The molecule has 1 fully saturated rings. The van der Waals surface area contributed by atoms with Crippen molar-refractivity contribution in [3.8, 4) is 5.75 Å². The first-order valence-electron chi connectivity index (χ1n) is 6.63. The van der Waals surface area contributed by atoms with E-state index in [0.29, 0.717) is 9.80 Å². The zero-order chi connectivity index (χ0) is 17.4. The minimum Gasteiger partial charge on any atom is -0.421 e. The Morgan fingerprint density at radius 3 is 1.91 bits per heavy atom. The molecule has 0 radical (unpaired) electrons. The van der Waals surface area contributed by atoms with Crippen molar-refractivity contribution in [2.24, 2.45) is 5.41 Å². The van der Waals surface area contributed by atoms with Crippen LogP contribution < -0.4 is 4.74 Å². The van der Waals surface area contributed by atoms with E-state index in [2.05, 4.69) is 0 Å². The van der Waals surface area contributed by atoms with Gasteiger partial charge in [0, 0.05) is 14.1 Å². The van der Waals surface area contributed by atoms with Gasteiger partial charge in [-0.3, -0.25) is 24.2 Å². The smallest absolute Gasteiger partial charge is 0.381 e. The van der Waals surface area contributed by atoms with Crippen molar-refractivity contribution in [1.82, 2.24) is 9.80 Å². The molecule has 0 aliphatic carbocycles. The molecule has 2 rings (SSSR count). The highest BCUT2D eigenvalue weighted by molar-refractivity contribution is 6.48. The molecule has 0 unspecified atom stereocenters. The lowest BCUT2D eigenvalue weighted by molar-refractivity contribution is -0.166. The summed E-state index contributed by atoms with van der Waals surface area (Å²) in [7, 11) is 2.25. The van der Waals surface area contributed by atoms with Gasteiger partial charge in [0.1, 0.15) is 5.75 Å². The Kier molecular flexibility index (Phi) is 4.00. The van der Waals surface area contributed by atoms with Gasteiger partial charge in [-0.1, -0.05) is 18.2 Å². The fourth-order valence-electron chi connectivity index (χ4n) is 2.20. The first kappa shape index (κ1) is 16.3. The van der Waals surface area contributed by atoms with Crippen LogP contribution in [0.5, 0.6) is 5.75 Å². The van der Waals surface area contributed by atoms with Crippen molar-refractivity contribution in [3.63, 3.8) is 0 Å². The largest absolute Gasteiger partial charge is 0.421 e. The minimum absolute atomic E-state index is 0.0999. The number of para-hydroxylation sites is 1. The van der Waals surface area contributed by atoms with Crippen LogP contribution in [0.2, 0.25) is 0 Å². The summed E-state index contributed by atoms with van der Waals surface area (Å²) >= 11 is 0. The van der Waals surface area contributed by atoms with Crippen molar-refractivity contribution in [3.05, 3.63) is 30.3 Å². The number of benzene rings is 1. The zero-order valence-corrected chi connectivity index (χ0v) is 12.7. The summed E-state index contributed by atoms with van der Waals surface area (Å²) in [5, 5.41) is 0. The Labute approximate surface area is 131 Å². The van der Waals surface area contributed by atoms with E-state index in [1.807, 2.05) is 0 Å². The van der Waals surface area contributed by atoms with E-state index in [4.69, 9.17) is 4.74 Å². The molecule has 1 aromatic rings. The number of nitrogens with zero attached hydrogens (tertiary/aromatic N) is 2. The summed E-state index contributed by atoms with van der Waals surface area (Å²) in [5.41, 5.74) is -2.33. The highest BCUT2D eigenvalue weighted by Gasteiger charge is 2.59. The van der Waals surface area contributed by atoms with Gasteiger partial charge in [-0.2, -0.15) is 0 Å². The fourth-order valence-corrected chi connectivity index (χ4v) is 2.20. The Hall–Kier alpha value is -3.03. The van der Waals surface area contributed by atoms with Crippen LogP contribution in [0.25, 0.3) is 0 Å². The van der Waals surface area contributed by atoms with Crippen LogP contribution in [0.4, 0.5) is 4.79 Å². The molecule has 23 heavy (non-hydrogen) atoms. The molecule has 0 saturated carbocycles. The van der Waals surface area contributed by atoms with Crippen LogP contribution in [-0.2, 0) is 19.2 Å². The quantitative estimate of drug-likeness (QED) is 0.342. The monoisotopic (exact) mass is 318 g/mol. The second-order valence-electron chi connectivity index (χ2n) is 5.17. The number of ether oxygens (including phenoxy) is 1. The number of barbiturate groups is 1.